The lowest BCUT2D eigenvalue weighted by Gasteiger charge is -2.36. The van der Waals surface area contributed by atoms with Gasteiger partial charge in [-0.15, -0.1) is 22.2 Å². The Morgan fingerprint density at radius 2 is 1.22 bits per heavy atom. The van der Waals surface area contributed by atoms with Crippen LogP contribution in [-0.4, -0.2) is 6.69 Å². The SMILES string of the molecule is C[Si](Cl)(Cl)C1CCCCCC1C1CCCCCC1. The van der Waals surface area contributed by atoms with E-state index < -0.39 is 6.69 Å². The van der Waals surface area contributed by atoms with Crippen molar-refractivity contribution in [3.63, 3.8) is 0 Å². The smallest absolute Gasteiger partial charge is 0.146 e. The molecule has 2 rings (SSSR count). The lowest BCUT2D eigenvalue weighted by atomic mass is 9.81. The summed E-state index contributed by atoms with van der Waals surface area (Å²) in [5.74, 6) is 1.78. The van der Waals surface area contributed by atoms with Gasteiger partial charge in [0, 0.05) is 0 Å². The predicted molar refractivity (Wildman–Crippen MR) is 84.8 cm³/mol. The molecular formula is C15H28Cl2Si. The molecule has 3 heteroatoms. The minimum absolute atomic E-state index is 0.659. The molecule has 106 valence electrons. The second kappa shape index (κ2) is 6.99. The van der Waals surface area contributed by atoms with Crippen LogP contribution in [0.3, 0.4) is 0 Å². The van der Waals surface area contributed by atoms with Crippen LogP contribution in [-0.2, 0) is 0 Å². The second-order valence-corrected chi connectivity index (χ2v) is 14.6. The summed E-state index contributed by atoms with van der Waals surface area (Å²) in [7, 11) is 0. The predicted octanol–water partition coefficient (Wildman–Crippen LogP) is 6.46. The maximum atomic E-state index is 6.64. The molecule has 0 aromatic rings. The van der Waals surface area contributed by atoms with E-state index in [2.05, 4.69) is 6.55 Å². The minimum atomic E-state index is -2.01. The molecule has 2 fully saturated rings. The molecule has 0 saturated heterocycles. The van der Waals surface area contributed by atoms with E-state index in [0.29, 0.717) is 5.54 Å². The van der Waals surface area contributed by atoms with Crippen molar-refractivity contribution in [1.82, 2.24) is 0 Å². The van der Waals surface area contributed by atoms with Crippen LogP contribution >= 0.6 is 22.2 Å². The van der Waals surface area contributed by atoms with Gasteiger partial charge < -0.3 is 0 Å². The largest absolute Gasteiger partial charge is 0.251 e. The van der Waals surface area contributed by atoms with Crippen molar-refractivity contribution < 1.29 is 0 Å². The summed E-state index contributed by atoms with van der Waals surface area (Å²) in [6.45, 7) is 0.155. The van der Waals surface area contributed by atoms with Gasteiger partial charge in [0.05, 0.1) is 0 Å². The normalized spacial score (nSPS) is 32.8. The molecule has 0 N–H and O–H groups in total. The quantitative estimate of drug-likeness (QED) is 0.312. The van der Waals surface area contributed by atoms with Crippen LogP contribution in [0.15, 0.2) is 0 Å². The topological polar surface area (TPSA) is 0 Å². The molecule has 2 aliphatic rings. The summed E-state index contributed by atoms with van der Waals surface area (Å²) < 4.78 is 0. The number of rotatable bonds is 2. The fraction of sp³-hybridized carbons (Fsp3) is 1.00. The highest BCUT2D eigenvalue weighted by molar-refractivity contribution is 7.45. The first kappa shape index (κ1) is 15.2. The van der Waals surface area contributed by atoms with Crippen LogP contribution in [0.1, 0.15) is 70.6 Å². The van der Waals surface area contributed by atoms with Crippen LogP contribution in [0.2, 0.25) is 12.1 Å². The molecule has 0 amide bonds. The molecule has 0 bridgehead atoms. The molecule has 2 saturated carbocycles. The van der Waals surface area contributed by atoms with Crippen molar-refractivity contribution in [2.45, 2.75) is 82.7 Å². The van der Waals surface area contributed by atoms with Crippen LogP contribution in [0.5, 0.6) is 0 Å². The average Bonchev–Trinajstić information content (AvgIpc) is 2.70. The van der Waals surface area contributed by atoms with Gasteiger partial charge in [0.25, 0.3) is 6.69 Å². The number of hydrogen-bond acceptors (Lipinski definition) is 0. The Morgan fingerprint density at radius 3 is 1.83 bits per heavy atom. The van der Waals surface area contributed by atoms with Crippen molar-refractivity contribution >= 4 is 28.9 Å². The molecule has 0 aromatic carbocycles. The summed E-state index contributed by atoms with van der Waals surface area (Å²) in [4.78, 5) is 0. The monoisotopic (exact) mass is 306 g/mol. The summed E-state index contributed by atoms with van der Waals surface area (Å²) in [6, 6.07) is 0. The maximum absolute atomic E-state index is 6.64. The number of hydrogen-bond donors (Lipinski definition) is 0. The van der Waals surface area contributed by atoms with E-state index in [1.165, 1.54) is 70.6 Å². The second-order valence-electron chi connectivity index (χ2n) is 6.62. The Labute approximate surface area is 123 Å². The summed E-state index contributed by atoms with van der Waals surface area (Å²) >= 11 is 13.3. The highest BCUT2D eigenvalue weighted by atomic mass is 35.7. The zero-order valence-corrected chi connectivity index (χ0v) is 14.3. The van der Waals surface area contributed by atoms with Crippen LogP contribution in [0, 0.1) is 11.8 Å². The lowest BCUT2D eigenvalue weighted by molar-refractivity contribution is 0.267. The third kappa shape index (κ3) is 4.15. The first-order valence-corrected chi connectivity index (χ1v) is 12.6. The first-order chi connectivity index (χ1) is 8.59. The molecule has 0 aromatic heterocycles. The highest BCUT2D eigenvalue weighted by Crippen LogP contribution is 2.49. The van der Waals surface area contributed by atoms with Crippen molar-refractivity contribution in [2.75, 3.05) is 0 Å². The maximum Gasteiger partial charge on any atom is 0.251 e. The van der Waals surface area contributed by atoms with Gasteiger partial charge in [0.2, 0.25) is 0 Å². The minimum Gasteiger partial charge on any atom is -0.146 e. The third-order valence-electron chi connectivity index (χ3n) is 5.23. The zero-order chi connectivity index (χ0) is 13.0. The molecule has 0 nitrogen and oxygen atoms in total. The molecule has 2 unspecified atom stereocenters. The molecule has 0 radical (unpaired) electrons. The van der Waals surface area contributed by atoms with E-state index >= 15 is 0 Å². The van der Waals surface area contributed by atoms with Gasteiger partial charge >= 0.3 is 0 Å². The third-order valence-corrected chi connectivity index (χ3v) is 8.93. The molecule has 2 aliphatic carbocycles. The highest BCUT2D eigenvalue weighted by Gasteiger charge is 2.42. The van der Waals surface area contributed by atoms with Gasteiger partial charge in [-0.1, -0.05) is 70.6 Å². The molecule has 0 heterocycles. The van der Waals surface area contributed by atoms with Crippen LogP contribution in [0.25, 0.3) is 0 Å². The van der Waals surface area contributed by atoms with Crippen molar-refractivity contribution in [3.8, 4) is 0 Å². The van der Waals surface area contributed by atoms with E-state index in [4.69, 9.17) is 22.2 Å². The Morgan fingerprint density at radius 1 is 0.722 bits per heavy atom. The lowest BCUT2D eigenvalue weighted by Crippen LogP contribution is -2.32. The molecular weight excluding hydrogens is 279 g/mol. The molecule has 0 spiro atoms. The van der Waals surface area contributed by atoms with Crippen LogP contribution < -0.4 is 0 Å². The Bertz CT molecular complexity index is 241. The van der Waals surface area contributed by atoms with Crippen LogP contribution in [0.4, 0.5) is 0 Å². The van der Waals surface area contributed by atoms with E-state index in [9.17, 15) is 0 Å². The zero-order valence-electron chi connectivity index (χ0n) is 11.8. The summed E-state index contributed by atoms with van der Waals surface area (Å²) in [6.07, 6.45) is 15.5. The van der Waals surface area contributed by atoms with Gasteiger partial charge in [-0.2, -0.15) is 0 Å². The Hall–Kier alpha value is 0.797. The molecule has 2 atom stereocenters. The van der Waals surface area contributed by atoms with Gasteiger partial charge in [-0.3, -0.25) is 0 Å². The van der Waals surface area contributed by atoms with Gasteiger partial charge in [-0.05, 0) is 23.9 Å². The Balaban J connectivity index is 2.08. The van der Waals surface area contributed by atoms with Gasteiger partial charge in [0.15, 0.2) is 0 Å². The van der Waals surface area contributed by atoms with Crippen molar-refractivity contribution in [3.05, 3.63) is 0 Å². The summed E-state index contributed by atoms with van der Waals surface area (Å²) in [5.41, 5.74) is 0.659. The summed E-state index contributed by atoms with van der Waals surface area (Å²) in [5, 5.41) is 0. The van der Waals surface area contributed by atoms with Gasteiger partial charge in [-0.25, -0.2) is 0 Å². The molecule has 0 aliphatic heterocycles. The Kier molecular flexibility index (Phi) is 5.90. The van der Waals surface area contributed by atoms with Crippen molar-refractivity contribution in [1.29, 1.82) is 0 Å². The first-order valence-electron chi connectivity index (χ1n) is 7.97. The average molecular weight is 307 g/mol. The molecule has 18 heavy (non-hydrogen) atoms. The van der Waals surface area contributed by atoms with E-state index in [-0.39, 0.29) is 0 Å². The van der Waals surface area contributed by atoms with E-state index in [1.54, 1.807) is 0 Å². The van der Waals surface area contributed by atoms with E-state index in [1.807, 2.05) is 0 Å². The standard InChI is InChI=1S/C15H28Cl2Si/c1-18(16,17)15-12-8-4-7-11-14(15)13-9-5-2-3-6-10-13/h13-15H,2-12H2,1H3. The fourth-order valence-corrected chi connectivity index (χ4v) is 7.80. The van der Waals surface area contributed by atoms with Gasteiger partial charge in [0.1, 0.15) is 0 Å². The fourth-order valence-electron chi connectivity index (χ4n) is 4.27. The van der Waals surface area contributed by atoms with Crippen molar-refractivity contribution in [2.24, 2.45) is 11.8 Å². The number of halogens is 2. The van der Waals surface area contributed by atoms with E-state index in [0.717, 1.165) is 11.8 Å².